The lowest BCUT2D eigenvalue weighted by Gasteiger charge is -2.38. The zero-order chi connectivity index (χ0) is 8.55. The first-order valence-corrected chi connectivity index (χ1v) is 5.47. The predicted octanol–water partition coefficient (Wildman–Crippen LogP) is 3.63. The van der Waals surface area contributed by atoms with Gasteiger partial charge in [-0.25, -0.2) is 0 Å². The van der Waals surface area contributed by atoms with Gasteiger partial charge >= 0.3 is 0 Å². The Balaban J connectivity index is 2.20. The highest BCUT2D eigenvalue weighted by Gasteiger charge is 2.31. The van der Waals surface area contributed by atoms with Crippen molar-refractivity contribution in [2.24, 2.45) is 23.7 Å². The summed E-state index contributed by atoms with van der Waals surface area (Å²) in [5.74, 6) is 3.66. The molecule has 0 heterocycles. The van der Waals surface area contributed by atoms with Gasteiger partial charge in [0.2, 0.25) is 0 Å². The largest absolute Gasteiger partial charge is 0.0849 e. The van der Waals surface area contributed by atoms with Crippen LogP contribution in [-0.4, -0.2) is 0 Å². The van der Waals surface area contributed by atoms with Crippen molar-refractivity contribution in [2.75, 3.05) is 0 Å². The van der Waals surface area contributed by atoms with E-state index >= 15 is 0 Å². The van der Waals surface area contributed by atoms with Crippen LogP contribution in [0.5, 0.6) is 0 Å². The van der Waals surface area contributed by atoms with Gasteiger partial charge in [-0.1, -0.05) is 38.8 Å². The van der Waals surface area contributed by atoms with Gasteiger partial charge in [-0.05, 0) is 36.5 Å². The van der Waals surface area contributed by atoms with E-state index in [0.29, 0.717) is 0 Å². The highest BCUT2D eigenvalue weighted by Crippen LogP contribution is 2.40. The van der Waals surface area contributed by atoms with E-state index in [9.17, 15) is 0 Å². The Morgan fingerprint density at radius 1 is 0.833 bits per heavy atom. The lowest BCUT2D eigenvalue weighted by molar-refractivity contribution is 0.186. The third-order valence-electron chi connectivity index (χ3n) is 4.11. The molecule has 12 heavy (non-hydrogen) atoms. The van der Waals surface area contributed by atoms with Crippen LogP contribution in [-0.2, 0) is 0 Å². The van der Waals surface area contributed by atoms with Gasteiger partial charge < -0.3 is 0 Å². The third-order valence-corrected chi connectivity index (χ3v) is 4.11. The molecule has 3 aliphatic rings. The molecule has 0 aromatic carbocycles. The summed E-state index contributed by atoms with van der Waals surface area (Å²) in [5.41, 5.74) is 0. The summed E-state index contributed by atoms with van der Waals surface area (Å²) in [7, 11) is 0. The molecule has 0 nitrogen and oxygen atoms in total. The van der Waals surface area contributed by atoms with E-state index in [-0.39, 0.29) is 0 Å². The van der Waals surface area contributed by atoms with Gasteiger partial charge in [0, 0.05) is 0 Å². The maximum Gasteiger partial charge on any atom is -0.0205 e. The smallest absolute Gasteiger partial charge is 0.0205 e. The minimum Gasteiger partial charge on any atom is -0.0849 e. The molecule has 0 radical (unpaired) electrons. The molecule has 0 aliphatic heterocycles. The molecule has 4 unspecified atom stereocenters. The third kappa shape index (κ3) is 1.32. The van der Waals surface area contributed by atoms with Gasteiger partial charge in [0.25, 0.3) is 0 Å². The fourth-order valence-corrected chi connectivity index (χ4v) is 2.89. The Kier molecular flexibility index (Phi) is 2.25. The molecule has 1 fully saturated rings. The SMILES string of the molecule is CC1C2C=CC(CCCC2)C1C. The summed E-state index contributed by atoms with van der Waals surface area (Å²) in [6, 6.07) is 0. The maximum atomic E-state index is 2.49. The summed E-state index contributed by atoms with van der Waals surface area (Å²) in [5, 5.41) is 0. The highest BCUT2D eigenvalue weighted by atomic mass is 14.4. The predicted molar refractivity (Wildman–Crippen MR) is 52.9 cm³/mol. The molecule has 3 rings (SSSR count). The van der Waals surface area contributed by atoms with Crippen LogP contribution in [0.15, 0.2) is 12.2 Å². The van der Waals surface area contributed by atoms with Crippen molar-refractivity contribution >= 4 is 0 Å². The second kappa shape index (κ2) is 3.24. The molecular formula is C12H20. The van der Waals surface area contributed by atoms with Gasteiger partial charge in [0.1, 0.15) is 0 Å². The summed E-state index contributed by atoms with van der Waals surface area (Å²) in [6.07, 6.45) is 10.8. The Hall–Kier alpha value is -0.260. The lowest BCUT2D eigenvalue weighted by Crippen LogP contribution is -2.29. The quantitative estimate of drug-likeness (QED) is 0.479. The first-order chi connectivity index (χ1) is 5.79. The number of hydrogen-bond donors (Lipinski definition) is 0. The summed E-state index contributed by atoms with van der Waals surface area (Å²) in [6.45, 7) is 4.88. The van der Waals surface area contributed by atoms with Crippen LogP contribution >= 0.6 is 0 Å². The van der Waals surface area contributed by atoms with E-state index < -0.39 is 0 Å². The van der Waals surface area contributed by atoms with Crippen molar-refractivity contribution in [3.05, 3.63) is 12.2 Å². The van der Waals surface area contributed by atoms with Crippen molar-refractivity contribution in [1.82, 2.24) is 0 Å². The maximum absolute atomic E-state index is 2.49. The van der Waals surface area contributed by atoms with E-state index in [1.54, 1.807) is 0 Å². The van der Waals surface area contributed by atoms with Crippen molar-refractivity contribution < 1.29 is 0 Å². The molecule has 1 saturated carbocycles. The number of rotatable bonds is 0. The fourth-order valence-electron chi connectivity index (χ4n) is 2.89. The Morgan fingerprint density at radius 2 is 1.25 bits per heavy atom. The van der Waals surface area contributed by atoms with E-state index in [4.69, 9.17) is 0 Å². The first-order valence-electron chi connectivity index (χ1n) is 5.47. The fraction of sp³-hybridized carbons (Fsp3) is 0.833. The average Bonchev–Trinajstić information content (AvgIpc) is 2.00. The van der Waals surface area contributed by atoms with Crippen LogP contribution in [0.25, 0.3) is 0 Å². The van der Waals surface area contributed by atoms with Gasteiger partial charge in [0.05, 0.1) is 0 Å². The normalized spacial score (nSPS) is 47.2. The van der Waals surface area contributed by atoms with E-state index in [2.05, 4.69) is 26.0 Å². The molecule has 0 amide bonds. The topological polar surface area (TPSA) is 0 Å². The zero-order valence-corrected chi connectivity index (χ0v) is 8.29. The van der Waals surface area contributed by atoms with E-state index in [1.807, 2.05) is 0 Å². The zero-order valence-electron chi connectivity index (χ0n) is 8.29. The Morgan fingerprint density at radius 3 is 1.67 bits per heavy atom. The minimum absolute atomic E-state index is 0.900. The van der Waals surface area contributed by atoms with E-state index in [0.717, 1.165) is 23.7 Å². The molecule has 4 atom stereocenters. The van der Waals surface area contributed by atoms with Crippen LogP contribution in [0.4, 0.5) is 0 Å². The number of hydrogen-bond acceptors (Lipinski definition) is 0. The lowest BCUT2D eigenvalue weighted by atomic mass is 9.67. The molecule has 0 N–H and O–H groups in total. The van der Waals surface area contributed by atoms with Gasteiger partial charge in [0.15, 0.2) is 0 Å². The monoisotopic (exact) mass is 164 g/mol. The van der Waals surface area contributed by atoms with Gasteiger partial charge in [-0.2, -0.15) is 0 Å². The van der Waals surface area contributed by atoms with Crippen LogP contribution < -0.4 is 0 Å². The Bertz CT molecular complexity index is 160. The van der Waals surface area contributed by atoms with Crippen LogP contribution in [0.2, 0.25) is 0 Å². The first kappa shape index (κ1) is 8.34. The molecular weight excluding hydrogens is 144 g/mol. The van der Waals surface area contributed by atoms with Gasteiger partial charge in [-0.15, -0.1) is 0 Å². The summed E-state index contributed by atoms with van der Waals surface area (Å²) >= 11 is 0. The number of fused-ring (bicyclic) bond motifs is 4. The molecule has 0 aromatic heterocycles. The van der Waals surface area contributed by atoms with Crippen LogP contribution in [0, 0.1) is 23.7 Å². The standard InChI is InChI=1S/C12H20/c1-9-10(2)12-6-4-3-5-11(9)7-8-12/h7-12H,3-6H2,1-2H3. The van der Waals surface area contributed by atoms with Crippen molar-refractivity contribution in [3.63, 3.8) is 0 Å². The average molecular weight is 164 g/mol. The molecule has 3 aliphatic carbocycles. The molecule has 0 saturated heterocycles. The Labute approximate surface area is 76.1 Å². The van der Waals surface area contributed by atoms with Crippen molar-refractivity contribution in [2.45, 2.75) is 39.5 Å². The summed E-state index contributed by atoms with van der Waals surface area (Å²) in [4.78, 5) is 0. The van der Waals surface area contributed by atoms with Crippen molar-refractivity contribution in [1.29, 1.82) is 0 Å². The minimum atomic E-state index is 0.900. The number of allylic oxidation sites excluding steroid dienone is 2. The summed E-state index contributed by atoms with van der Waals surface area (Å²) < 4.78 is 0. The van der Waals surface area contributed by atoms with Crippen LogP contribution in [0.1, 0.15) is 39.5 Å². The molecule has 2 bridgehead atoms. The second-order valence-corrected chi connectivity index (χ2v) is 4.72. The second-order valence-electron chi connectivity index (χ2n) is 4.72. The highest BCUT2D eigenvalue weighted by molar-refractivity contribution is 5.04. The molecule has 0 spiro atoms. The molecule has 0 heteroatoms. The van der Waals surface area contributed by atoms with Crippen molar-refractivity contribution in [3.8, 4) is 0 Å². The van der Waals surface area contributed by atoms with Crippen LogP contribution in [0.3, 0.4) is 0 Å². The molecule has 68 valence electrons. The van der Waals surface area contributed by atoms with Gasteiger partial charge in [-0.3, -0.25) is 0 Å². The van der Waals surface area contributed by atoms with E-state index in [1.165, 1.54) is 25.7 Å². The molecule has 0 aromatic rings.